The number of hydrogen-bond donors (Lipinski definition) is 2. The molecule has 0 spiro atoms. The summed E-state index contributed by atoms with van der Waals surface area (Å²) in [4.78, 5) is 12.0. The maximum atomic E-state index is 12.0. The van der Waals surface area contributed by atoms with E-state index in [1.165, 1.54) is 0 Å². The van der Waals surface area contributed by atoms with E-state index in [2.05, 4.69) is 5.32 Å². The summed E-state index contributed by atoms with van der Waals surface area (Å²) >= 11 is 5.72. The molecule has 0 saturated carbocycles. The van der Waals surface area contributed by atoms with Gasteiger partial charge in [0.25, 0.3) is 5.91 Å². The second-order valence-corrected chi connectivity index (χ2v) is 4.49. The molecule has 0 fully saturated rings. The van der Waals surface area contributed by atoms with E-state index in [0.29, 0.717) is 23.7 Å². The van der Waals surface area contributed by atoms with Crippen LogP contribution in [0.25, 0.3) is 0 Å². The normalized spacial score (nSPS) is 10.2. The Labute approximate surface area is 117 Å². The standard InChI is InChI=1S/C15H15ClN2O/c16-9-12-6-7-13(14(17)8-12)15(19)18-10-11-4-2-1-3-5-11/h1-8H,9-10,17H2,(H,18,19). The third kappa shape index (κ3) is 3.48. The highest BCUT2D eigenvalue weighted by atomic mass is 35.5. The Balaban J connectivity index is 2.04. The summed E-state index contributed by atoms with van der Waals surface area (Å²) in [5, 5.41) is 2.84. The molecule has 0 saturated heterocycles. The smallest absolute Gasteiger partial charge is 0.253 e. The molecular weight excluding hydrogens is 260 g/mol. The van der Waals surface area contributed by atoms with Gasteiger partial charge in [0.1, 0.15) is 0 Å². The largest absolute Gasteiger partial charge is 0.398 e. The van der Waals surface area contributed by atoms with Crippen LogP contribution in [0.4, 0.5) is 5.69 Å². The van der Waals surface area contributed by atoms with Crippen LogP contribution in [0.1, 0.15) is 21.5 Å². The van der Waals surface area contributed by atoms with Crippen molar-refractivity contribution < 1.29 is 4.79 Å². The quantitative estimate of drug-likeness (QED) is 0.665. The van der Waals surface area contributed by atoms with E-state index in [9.17, 15) is 4.79 Å². The fourth-order valence-corrected chi connectivity index (χ4v) is 1.94. The van der Waals surface area contributed by atoms with Gasteiger partial charge in [-0.25, -0.2) is 0 Å². The van der Waals surface area contributed by atoms with Crippen LogP contribution in [0.3, 0.4) is 0 Å². The number of nitrogens with one attached hydrogen (secondary N) is 1. The first kappa shape index (κ1) is 13.4. The van der Waals surface area contributed by atoms with Crippen LogP contribution in [0.5, 0.6) is 0 Å². The molecule has 0 aliphatic heterocycles. The summed E-state index contributed by atoms with van der Waals surface area (Å²) in [6.45, 7) is 0.483. The Morgan fingerprint density at radius 1 is 1.11 bits per heavy atom. The van der Waals surface area contributed by atoms with Crippen molar-refractivity contribution in [2.24, 2.45) is 0 Å². The minimum absolute atomic E-state index is 0.178. The maximum absolute atomic E-state index is 12.0. The first-order valence-electron chi connectivity index (χ1n) is 5.97. The van der Waals surface area contributed by atoms with Gasteiger partial charge in [-0.3, -0.25) is 4.79 Å². The average Bonchev–Trinajstić information content (AvgIpc) is 2.45. The molecule has 3 nitrogen and oxygen atoms in total. The molecule has 98 valence electrons. The lowest BCUT2D eigenvalue weighted by molar-refractivity contribution is 0.0952. The number of nitrogen functional groups attached to an aromatic ring is 1. The van der Waals surface area contributed by atoms with Crippen molar-refractivity contribution in [2.45, 2.75) is 12.4 Å². The van der Waals surface area contributed by atoms with Crippen molar-refractivity contribution in [1.29, 1.82) is 0 Å². The number of carbonyl (C=O) groups excluding carboxylic acids is 1. The Hall–Kier alpha value is -2.00. The van der Waals surface area contributed by atoms with Gasteiger partial charge in [0.15, 0.2) is 0 Å². The van der Waals surface area contributed by atoms with Crippen molar-refractivity contribution in [2.75, 3.05) is 5.73 Å². The van der Waals surface area contributed by atoms with Gasteiger partial charge >= 0.3 is 0 Å². The van der Waals surface area contributed by atoms with Crippen molar-refractivity contribution in [3.05, 3.63) is 65.2 Å². The van der Waals surface area contributed by atoms with Crippen molar-refractivity contribution in [3.63, 3.8) is 0 Å². The van der Waals surface area contributed by atoms with E-state index >= 15 is 0 Å². The van der Waals surface area contributed by atoms with Crippen LogP contribution in [0.15, 0.2) is 48.5 Å². The highest BCUT2D eigenvalue weighted by Gasteiger charge is 2.09. The van der Waals surface area contributed by atoms with Gasteiger partial charge in [-0.2, -0.15) is 0 Å². The molecule has 0 aliphatic rings. The van der Waals surface area contributed by atoms with Gasteiger partial charge in [-0.05, 0) is 23.3 Å². The SMILES string of the molecule is Nc1cc(CCl)ccc1C(=O)NCc1ccccc1. The van der Waals surface area contributed by atoms with Gasteiger partial charge in [-0.1, -0.05) is 36.4 Å². The van der Waals surface area contributed by atoms with Gasteiger partial charge in [0, 0.05) is 18.1 Å². The number of carbonyl (C=O) groups is 1. The Morgan fingerprint density at radius 3 is 2.47 bits per heavy atom. The van der Waals surface area contributed by atoms with E-state index in [1.54, 1.807) is 18.2 Å². The molecule has 0 bridgehead atoms. The number of benzene rings is 2. The Kier molecular flexibility index (Phi) is 4.42. The second kappa shape index (κ2) is 6.25. The number of amides is 1. The van der Waals surface area contributed by atoms with Crippen molar-refractivity contribution >= 4 is 23.2 Å². The summed E-state index contributed by atoms with van der Waals surface area (Å²) in [6, 6.07) is 15.0. The minimum atomic E-state index is -0.178. The molecule has 0 atom stereocenters. The van der Waals surface area contributed by atoms with Crippen LogP contribution in [-0.2, 0) is 12.4 Å². The van der Waals surface area contributed by atoms with Gasteiger partial charge < -0.3 is 11.1 Å². The second-order valence-electron chi connectivity index (χ2n) is 4.22. The fraction of sp³-hybridized carbons (Fsp3) is 0.133. The predicted molar refractivity (Wildman–Crippen MR) is 78.0 cm³/mol. The van der Waals surface area contributed by atoms with E-state index in [1.807, 2.05) is 30.3 Å². The Morgan fingerprint density at radius 2 is 1.84 bits per heavy atom. The van der Waals surface area contributed by atoms with E-state index in [0.717, 1.165) is 11.1 Å². The van der Waals surface area contributed by atoms with Crippen molar-refractivity contribution in [3.8, 4) is 0 Å². The van der Waals surface area contributed by atoms with E-state index in [4.69, 9.17) is 17.3 Å². The minimum Gasteiger partial charge on any atom is -0.398 e. The number of anilines is 1. The topological polar surface area (TPSA) is 55.1 Å². The zero-order valence-electron chi connectivity index (χ0n) is 10.4. The average molecular weight is 275 g/mol. The van der Waals surface area contributed by atoms with Crippen LogP contribution < -0.4 is 11.1 Å². The lowest BCUT2D eigenvalue weighted by atomic mass is 10.1. The molecule has 0 unspecified atom stereocenters. The van der Waals surface area contributed by atoms with Gasteiger partial charge in [0.05, 0.1) is 5.56 Å². The molecule has 19 heavy (non-hydrogen) atoms. The fourth-order valence-electron chi connectivity index (χ4n) is 1.78. The first-order valence-corrected chi connectivity index (χ1v) is 6.50. The number of halogens is 1. The molecule has 0 aliphatic carbocycles. The lowest BCUT2D eigenvalue weighted by Crippen LogP contribution is -2.23. The monoisotopic (exact) mass is 274 g/mol. The molecule has 0 aromatic heterocycles. The number of alkyl halides is 1. The molecule has 2 aromatic carbocycles. The van der Waals surface area contributed by atoms with E-state index < -0.39 is 0 Å². The first-order chi connectivity index (χ1) is 9.20. The third-order valence-corrected chi connectivity index (χ3v) is 3.12. The Bertz CT molecular complexity index is 570. The van der Waals surface area contributed by atoms with Crippen LogP contribution >= 0.6 is 11.6 Å². The van der Waals surface area contributed by atoms with Crippen LogP contribution in [-0.4, -0.2) is 5.91 Å². The predicted octanol–water partition coefficient (Wildman–Crippen LogP) is 2.94. The highest BCUT2D eigenvalue weighted by molar-refractivity contribution is 6.17. The van der Waals surface area contributed by atoms with Crippen LogP contribution in [0.2, 0.25) is 0 Å². The summed E-state index contributed by atoms with van der Waals surface area (Å²) in [7, 11) is 0. The summed E-state index contributed by atoms with van der Waals surface area (Å²) in [6.07, 6.45) is 0. The summed E-state index contributed by atoms with van der Waals surface area (Å²) in [5.41, 5.74) is 8.72. The number of hydrogen-bond acceptors (Lipinski definition) is 2. The molecule has 2 rings (SSSR count). The van der Waals surface area contributed by atoms with Gasteiger partial charge in [0.2, 0.25) is 0 Å². The number of rotatable bonds is 4. The lowest BCUT2D eigenvalue weighted by Gasteiger charge is -2.08. The highest BCUT2D eigenvalue weighted by Crippen LogP contribution is 2.15. The molecule has 0 heterocycles. The third-order valence-electron chi connectivity index (χ3n) is 2.81. The molecular formula is C15H15ClN2O. The van der Waals surface area contributed by atoms with E-state index in [-0.39, 0.29) is 5.91 Å². The number of nitrogens with two attached hydrogens (primary N) is 1. The van der Waals surface area contributed by atoms with Crippen LogP contribution in [0, 0.1) is 0 Å². The molecule has 0 radical (unpaired) electrons. The molecule has 3 N–H and O–H groups in total. The molecule has 1 amide bonds. The maximum Gasteiger partial charge on any atom is 0.253 e. The van der Waals surface area contributed by atoms with Gasteiger partial charge in [-0.15, -0.1) is 11.6 Å². The molecule has 2 aromatic rings. The van der Waals surface area contributed by atoms with Crippen molar-refractivity contribution in [1.82, 2.24) is 5.32 Å². The zero-order valence-corrected chi connectivity index (χ0v) is 11.2. The molecule has 4 heteroatoms. The summed E-state index contributed by atoms with van der Waals surface area (Å²) in [5.74, 6) is 0.207. The zero-order chi connectivity index (χ0) is 13.7. The summed E-state index contributed by atoms with van der Waals surface area (Å²) < 4.78 is 0.